The Morgan fingerprint density at radius 1 is 1.70 bits per heavy atom. The highest BCUT2D eigenvalue weighted by Crippen LogP contribution is 2.33. The third kappa shape index (κ3) is 2.38. The van der Waals surface area contributed by atoms with E-state index in [1.54, 1.807) is 0 Å². The van der Waals surface area contributed by atoms with E-state index in [1.165, 1.54) is 12.8 Å². The molecular weight excluding hydrogens is 124 g/mol. The van der Waals surface area contributed by atoms with Crippen LogP contribution in [0.2, 0.25) is 0 Å². The summed E-state index contributed by atoms with van der Waals surface area (Å²) >= 11 is 0. The van der Waals surface area contributed by atoms with E-state index in [2.05, 4.69) is 11.3 Å². The molecule has 0 bridgehead atoms. The highest BCUT2D eigenvalue weighted by atomic mass is 15.2. The highest BCUT2D eigenvalue weighted by Gasteiger charge is 2.24. The van der Waals surface area contributed by atoms with E-state index >= 15 is 0 Å². The molecule has 0 spiro atoms. The van der Waals surface area contributed by atoms with Gasteiger partial charge >= 0.3 is 0 Å². The summed E-state index contributed by atoms with van der Waals surface area (Å²) < 4.78 is 0. The van der Waals surface area contributed by atoms with E-state index < -0.39 is 0 Å². The maximum absolute atomic E-state index is 5.29. The molecule has 1 rings (SSSR count). The van der Waals surface area contributed by atoms with Gasteiger partial charge in [0, 0.05) is 12.5 Å². The van der Waals surface area contributed by atoms with Gasteiger partial charge in [0.15, 0.2) is 0 Å². The summed E-state index contributed by atoms with van der Waals surface area (Å²) in [5.41, 5.74) is 2.73. The van der Waals surface area contributed by atoms with Crippen LogP contribution in [0.5, 0.6) is 0 Å². The van der Waals surface area contributed by atoms with Crippen molar-refractivity contribution in [3.63, 3.8) is 0 Å². The first kappa shape index (κ1) is 7.59. The Hall–Kier alpha value is -0.520. The number of hydrogen-bond acceptors (Lipinski definition) is 2. The molecule has 0 heterocycles. The van der Waals surface area contributed by atoms with Gasteiger partial charge in [0.05, 0.1) is 0 Å². The summed E-state index contributed by atoms with van der Waals surface area (Å²) in [6, 6.07) is 0.345. The fourth-order valence-electron chi connectivity index (χ4n) is 1.11. The second-order valence-electron chi connectivity index (χ2n) is 2.95. The lowest BCUT2D eigenvalue weighted by Gasteiger charge is -2.10. The minimum Gasteiger partial charge on any atom is -0.271 e. The van der Waals surface area contributed by atoms with Crippen LogP contribution in [0.4, 0.5) is 0 Å². The van der Waals surface area contributed by atoms with E-state index in [9.17, 15) is 0 Å². The van der Waals surface area contributed by atoms with Crippen molar-refractivity contribution < 1.29 is 0 Å². The molecule has 56 valence electrons. The summed E-state index contributed by atoms with van der Waals surface area (Å²) in [4.78, 5) is 0. The molecular formula is C8H14N2. The van der Waals surface area contributed by atoms with Crippen molar-refractivity contribution >= 4 is 0 Å². The molecule has 0 amide bonds. The van der Waals surface area contributed by atoms with Crippen LogP contribution in [-0.2, 0) is 0 Å². The van der Waals surface area contributed by atoms with Gasteiger partial charge in [-0.15, -0.1) is 12.3 Å². The molecule has 0 aromatic rings. The van der Waals surface area contributed by atoms with Gasteiger partial charge in [-0.3, -0.25) is 11.3 Å². The number of terminal acetylenes is 1. The van der Waals surface area contributed by atoms with Crippen LogP contribution < -0.4 is 11.3 Å². The monoisotopic (exact) mass is 138 g/mol. The van der Waals surface area contributed by atoms with Crippen molar-refractivity contribution in [2.24, 2.45) is 11.8 Å². The summed E-state index contributed by atoms with van der Waals surface area (Å²) in [5, 5.41) is 0. The lowest BCUT2D eigenvalue weighted by molar-refractivity contribution is 0.477. The van der Waals surface area contributed by atoms with Crippen LogP contribution in [0, 0.1) is 18.3 Å². The molecule has 1 aliphatic carbocycles. The molecule has 1 aliphatic rings. The minimum absolute atomic E-state index is 0.345. The minimum atomic E-state index is 0.345. The smallest absolute Gasteiger partial charge is 0.0322 e. The van der Waals surface area contributed by atoms with E-state index in [1.807, 2.05) is 0 Å². The van der Waals surface area contributed by atoms with Crippen LogP contribution in [-0.4, -0.2) is 6.04 Å². The molecule has 2 heteroatoms. The predicted octanol–water partition coefficient (Wildman–Crippen LogP) is 0.642. The lowest BCUT2D eigenvalue weighted by Crippen LogP contribution is -2.35. The fraction of sp³-hybridized carbons (Fsp3) is 0.750. The summed E-state index contributed by atoms with van der Waals surface area (Å²) in [7, 11) is 0. The molecule has 0 aliphatic heterocycles. The molecule has 3 N–H and O–H groups in total. The van der Waals surface area contributed by atoms with Gasteiger partial charge in [-0.05, 0) is 12.3 Å². The zero-order valence-electron chi connectivity index (χ0n) is 6.14. The molecule has 10 heavy (non-hydrogen) atoms. The Bertz CT molecular complexity index is 133. The van der Waals surface area contributed by atoms with Gasteiger partial charge < -0.3 is 0 Å². The van der Waals surface area contributed by atoms with Crippen molar-refractivity contribution in [3.05, 3.63) is 0 Å². The number of hydrazine groups is 1. The summed E-state index contributed by atoms with van der Waals surface area (Å²) in [5.74, 6) is 8.80. The van der Waals surface area contributed by atoms with Crippen molar-refractivity contribution in [2.45, 2.75) is 31.7 Å². The van der Waals surface area contributed by atoms with Gasteiger partial charge in [0.25, 0.3) is 0 Å². The first-order valence-electron chi connectivity index (χ1n) is 3.76. The maximum atomic E-state index is 5.29. The second kappa shape index (κ2) is 3.60. The third-order valence-corrected chi connectivity index (χ3v) is 1.91. The molecule has 1 fully saturated rings. The zero-order chi connectivity index (χ0) is 7.40. The molecule has 0 radical (unpaired) electrons. The number of hydrogen-bond donors (Lipinski definition) is 2. The first-order valence-corrected chi connectivity index (χ1v) is 3.76. The second-order valence-corrected chi connectivity index (χ2v) is 2.95. The van der Waals surface area contributed by atoms with Gasteiger partial charge in [-0.2, -0.15) is 0 Å². The van der Waals surface area contributed by atoms with Crippen molar-refractivity contribution in [2.75, 3.05) is 0 Å². The van der Waals surface area contributed by atoms with Gasteiger partial charge in [0.1, 0.15) is 0 Å². The van der Waals surface area contributed by atoms with Crippen LogP contribution in [0.15, 0.2) is 0 Å². The van der Waals surface area contributed by atoms with Gasteiger partial charge in [-0.25, -0.2) is 0 Å². The molecule has 1 atom stereocenters. The SMILES string of the molecule is C#CCC(CC1CC1)NN. The van der Waals surface area contributed by atoms with E-state index in [4.69, 9.17) is 12.3 Å². The Kier molecular flexibility index (Phi) is 2.73. The summed E-state index contributed by atoms with van der Waals surface area (Å²) in [6.07, 6.45) is 9.79. The van der Waals surface area contributed by atoms with E-state index in [0.717, 1.165) is 18.8 Å². The Morgan fingerprint density at radius 3 is 2.80 bits per heavy atom. The quantitative estimate of drug-likeness (QED) is 0.340. The fourth-order valence-corrected chi connectivity index (χ4v) is 1.11. The standard InChI is InChI=1S/C8H14N2/c1-2-3-8(10-9)6-7-4-5-7/h1,7-8,10H,3-6,9H2. The van der Waals surface area contributed by atoms with Crippen LogP contribution in [0.1, 0.15) is 25.7 Å². The molecule has 1 unspecified atom stereocenters. The van der Waals surface area contributed by atoms with Gasteiger partial charge in [-0.1, -0.05) is 12.8 Å². The van der Waals surface area contributed by atoms with Crippen molar-refractivity contribution in [3.8, 4) is 12.3 Å². The van der Waals surface area contributed by atoms with Gasteiger partial charge in [0.2, 0.25) is 0 Å². The molecule has 0 saturated heterocycles. The van der Waals surface area contributed by atoms with E-state index in [-0.39, 0.29) is 0 Å². The molecule has 1 saturated carbocycles. The Balaban J connectivity index is 2.12. The van der Waals surface area contributed by atoms with Crippen LogP contribution in [0.25, 0.3) is 0 Å². The number of nitrogens with two attached hydrogens (primary N) is 1. The Labute approximate surface area is 62.1 Å². The zero-order valence-corrected chi connectivity index (χ0v) is 6.14. The average Bonchev–Trinajstić information content (AvgIpc) is 2.71. The topological polar surface area (TPSA) is 38.0 Å². The normalized spacial score (nSPS) is 20.0. The number of nitrogens with one attached hydrogen (secondary N) is 1. The van der Waals surface area contributed by atoms with E-state index in [0.29, 0.717) is 6.04 Å². The highest BCUT2D eigenvalue weighted by molar-refractivity contribution is 4.91. The Morgan fingerprint density at radius 2 is 2.40 bits per heavy atom. The molecule has 2 nitrogen and oxygen atoms in total. The van der Waals surface area contributed by atoms with Crippen LogP contribution >= 0.6 is 0 Å². The molecule has 0 aromatic carbocycles. The van der Waals surface area contributed by atoms with Crippen LogP contribution in [0.3, 0.4) is 0 Å². The maximum Gasteiger partial charge on any atom is 0.0322 e. The predicted molar refractivity (Wildman–Crippen MR) is 41.9 cm³/mol. The average molecular weight is 138 g/mol. The largest absolute Gasteiger partial charge is 0.271 e. The first-order chi connectivity index (χ1) is 4.86. The van der Waals surface area contributed by atoms with Crippen molar-refractivity contribution in [1.82, 2.24) is 5.43 Å². The number of rotatable bonds is 4. The third-order valence-electron chi connectivity index (χ3n) is 1.91. The summed E-state index contributed by atoms with van der Waals surface area (Å²) in [6.45, 7) is 0. The molecule has 0 aromatic heterocycles. The lowest BCUT2D eigenvalue weighted by atomic mass is 10.1. The van der Waals surface area contributed by atoms with Crippen molar-refractivity contribution in [1.29, 1.82) is 0 Å².